The molecule has 29 heavy (non-hydrogen) atoms. The Morgan fingerprint density at radius 2 is 1.83 bits per heavy atom. The van der Waals surface area contributed by atoms with Crippen molar-refractivity contribution in [2.45, 2.75) is 71.1 Å². The van der Waals surface area contributed by atoms with Crippen molar-refractivity contribution in [2.24, 2.45) is 10.7 Å². The zero-order chi connectivity index (χ0) is 20.7. The number of nitrogens with zero attached hydrogens (tertiary/aromatic N) is 3. The molecule has 0 aromatic rings. The van der Waals surface area contributed by atoms with Crippen molar-refractivity contribution in [3.63, 3.8) is 0 Å². The standard InChI is InChI=1S/C19H35N5O4.HI/c1-5-27-17(25)23-11-8-14(9-12-23)22-16(20)21-10-13-24(15-6-7-15)18(26)28-19(2,3)4;/h14-15H,5-13H2,1-4H3,(H3,20,21,22);1H. The molecular formula is C19H36IN5O4. The third-order valence-corrected chi connectivity index (χ3v) is 4.61. The zero-order valence-electron chi connectivity index (χ0n) is 18.0. The minimum atomic E-state index is -0.507. The van der Waals surface area contributed by atoms with E-state index in [4.69, 9.17) is 15.2 Å². The minimum Gasteiger partial charge on any atom is -0.450 e. The lowest BCUT2D eigenvalue weighted by molar-refractivity contribution is 0.0240. The fraction of sp³-hybridized carbons (Fsp3) is 0.842. The third kappa shape index (κ3) is 9.26. The number of nitrogens with one attached hydrogen (secondary N) is 1. The van der Waals surface area contributed by atoms with Crippen LogP contribution in [-0.2, 0) is 9.47 Å². The molecule has 0 atom stereocenters. The van der Waals surface area contributed by atoms with Gasteiger partial charge in [0, 0.05) is 31.7 Å². The Bertz CT molecular complexity index is 569. The summed E-state index contributed by atoms with van der Waals surface area (Å²) in [6.45, 7) is 9.97. The van der Waals surface area contributed by atoms with Gasteiger partial charge in [-0.25, -0.2) is 9.59 Å². The number of hydrogen-bond acceptors (Lipinski definition) is 5. The first-order chi connectivity index (χ1) is 13.2. The Hall–Kier alpha value is -1.46. The molecule has 0 aromatic carbocycles. The van der Waals surface area contributed by atoms with Gasteiger partial charge in [0.25, 0.3) is 0 Å². The Labute approximate surface area is 190 Å². The highest BCUT2D eigenvalue weighted by molar-refractivity contribution is 14.0. The van der Waals surface area contributed by atoms with Gasteiger partial charge < -0.3 is 30.3 Å². The van der Waals surface area contributed by atoms with E-state index in [9.17, 15) is 9.59 Å². The van der Waals surface area contributed by atoms with Crippen molar-refractivity contribution in [2.75, 3.05) is 32.8 Å². The molecule has 0 bridgehead atoms. The molecule has 0 unspecified atom stereocenters. The molecule has 0 radical (unpaired) electrons. The summed E-state index contributed by atoms with van der Waals surface area (Å²) in [4.78, 5) is 31.9. The van der Waals surface area contributed by atoms with Crippen LogP contribution in [0.25, 0.3) is 0 Å². The van der Waals surface area contributed by atoms with E-state index in [1.54, 1.807) is 16.7 Å². The number of rotatable bonds is 6. The van der Waals surface area contributed by atoms with E-state index >= 15 is 0 Å². The van der Waals surface area contributed by atoms with Gasteiger partial charge in [0.2, 0.25) is 0 Å². The molecule has 1 saturated carbocycles. The van der Waals surface area contributed by atoms with E-state index in [0.29, 0.717) is 38.7 Å². The number of aliphatic imine (C=N–C) groups is 1. The van der Waals surface area contributed by atoms with E-state index in [1.807, 2.05) is 20.8 Å². The highest BCUT2D eigenvalue weighted by Gasteiger charge is 2.34. The van der Waals surface area contributed by atoms with E-state index in [1.165, 1.54) is 0 Å². The quantitative estimate of drug-likeness (QED) is 0.314. The number of halogens is 1. The van der Waals surface area contributed by atoms with E-state index in [2.05, 4.69) is 10.3 Å². The average Bonchev–Trinajstić information content (AvgIpc) is 3.42. The molecule has 10 heteroatoms. The second-order valence-electron chi connectivity index (χ2n) is 8.28. The summed E-state index contributed by atoms with van der Waals surface area (Å²) in [6, 6.07) is 0.436. The predicted molar refractivity (Wildman–Crippen MR) is 123 cm³/mol. The first-order valence-corrected chi connectivity index (χ1v) is 10.2. The van der Waals surface area contributed by atoms with Crippen LogP contribution in [0, 0.1) is 0 Å². The highest BCUT2D eigenvalue weighted by Crippen LogP contribution is 2.28. The molecule has 1 heterocycles. The van der Waals surface area contributed by atoms with Crippen LogP contribution in [0.2, 0.25) is 0 Å². The summed E-state index contributed by atoms with van der Waals surface area (Å²) >= 11 is 0. The molecule has 3 N–H and O–H groups in total. The Balaban J connectivity index is 0.00000420. The second-order valence-corrected chi connectivity index (χ2v) is 8.28. The number of piperidine rings is 1. The smallest absolute Gasteiger partial charge is 0.410 e. The van der Waals surface area contributed by atoms with Crippen LogP contribution in [0.5, 0.6) is 0 Å². The van der Waals surface area contributed by atoms with Gasteiger partial charge in [0.05, 0.1) is 13.2 Å². The Morgan fingerprint density at radius 1 is 1.21 bits per heavy atom. The zero-order valence-corrected chi connectivity index (χ0v) is 20.3. The summed E-state index contributed by atoms with van der Waals surface area (Å²) in [7, 11) is 0. The monoisotopic (exact) mass is 525 g/mol. The molecule has 2 rings (SSSR count). The molecular weight excluding hydrogens is 489 g/mol. The summed E-state index contributed by atoms with van der Waals surface area (Å²) in [6.07, 6.45) is 3.06. The van der Waals surface area contributed by atoms with Crippen LogP contribution < -0.4 is 11.1 Å². The Kier molecular flexibility index (Phi) is 10.3. The predicted octanol–water partition coefficient (Wildman–Crippen LogP) is 2.53. The van der Waals surface area contributed by atoms with Gasteiger partial charge in [-0.3, -0.25) is 4.99 Å². The third-order valence-electron chi connectivity index (χ3n) is 4.61. The first-order valence-electron chi connectivity index (χ1n) is 10.2. The van der Waals surface area contributed by atoms with E-state index in [0.717, 1.165) is 25.7 Å². The van der Waals surface area contributed by atoms with E-state index in [-0.39, 0.29) is 48.2 Å². The number of carbonyl (C=O) groups excluding carboxylic acids is 2. The second kappa shape index (κ2) is 11.7. The van der Waals surface area contributed by atoms with Gasteiger partial charge in [-0.15, -0.1) is 24.0 Å². The molecule has 1 aliphatic carbocycles. The van der Waals surface area contributed by atoms with Crippen molar-refractivity contribution >= 4 is 42.1 Å². The largest absolute Gasteiger partial charge is 0.450 e. The SMILES string of the molecule is CCOC(=O)N1CCC(NC(N)=NCCN(C(=O)OC(C)(C)C)C2CC2)CC1.I. The van der Waals surface area contributed by atoms with Crippen LogP contribution in [0.15, 0.2) is 4.99 Å². The van der Waals surface area contributed by atoms with Crippen LogP contribution >= 0.6 is 24.0 Å². The van der Waals surface area contributed by atoms with Crippen LogP contribution in [0.1, 0.15) is 53.4 Å². The Morgan fingerprint density at radius 3 is 2.34 bits per heavy atom. The molecule has 168 valence electrons. The normalized spacial score (nSPS) is 17.9. The molecule has 2 amide bonds. The number of guanidine groups is 1. The fourth-order valence-electron chi connectivity index (χ4n) is 3.08. The van der Waals surface area contributed by atoms with Crippen molar-refractivity contribution in [3.05, 3.63) is 0 Å². The van der Waals surface area contributed by atoms with Crippen molar-refractivity contribution in [3.8, 4) is 0 Å². The molecule has 1 saturated heterocycles. The molecule has 2 aliphatic rings. The summed E-state index contributed by atoms with van der Waals surface area (Å²) in [5.74, 6) is 0.370. The number of amides is 2. The lowest BCUT2D eigenvalue weighted by Crippen LogP contribution is -2.48. The maximum Gasteiger partial charge on any atom is 0.410 e. The maximum atomic E-state index is 12.3. The van der Waals surface area contributed by atoms with Crippen molar-refractivity contribution in [1.29, 1.82) is 0 Å². The molecule has 0 spiro atoms. The molecule has 0 aromatic heterocycles. The van der Waals surface area contributed by atoms with Gasteiger partial charge in [-0.05, 0) is 53.4 Å². The average molecular weight is 525 g/mol. The number of carbonyl (C=O) groups is 2. The fourth-order valence-corrected chi connectivity index (χ4v) is 3.08. The van der Waals surface area contributed by atoms with Crippen molar-refractivity contribution < 1.29 is 19.1 Å². The summed E-state index contributed by atoms with van der Waals surface area (Å²) < 4.78 is 10.5. The van der Waals surface area contributed by atoms with Gasteiger partial charge in [-0.2, -0.15) is 0 Å². The van der Waals surface area contributed by atoms with Gasteiger partial charge in [0.15, 0.2) is 5.96 Å². The summed E-state index contributed by atoms with van der Waals surface area (Å²) in [5, 5.41) is 3.21. The van der Waals surface area contributed by atoms with Crippen LogP contribution in [0.3, 0.4) is 0 Å². The molecule has 2 fully saturated rings. The molecule has 1 aliphatic heterocycles. The van der Waals surface area contributed by atoms with Crippen LogP contribution in [0.4, 0.5) is 9.59 Å². The minimum absolute atomic E-state index is 0. The maximum absolute atomic E-state index is 12.3. The van der Waals surface area contributed by atoms with E-state index < -0.39 is 5.60 Å². The number of hydrogen-bond donors (Lipinski definition) is 2. The first kappa shape index (κ1) is 25.6. The number of nitrogens with two attached hydrogens (primary N) is 1. The van der Waals surface area contributed by atoms with Gasteiger partial charge >= 0.3 is 12.2 Å². The molecule has 9 nitrogen and oxygen atoms in total. The highest BCUT2D eigenvalue weighted by atomic mass is 127. The lowest BCUT2D eigenvalue weighted by Gasteiger charge is -2.31. The van der Waals surface area contributed by atoms with Crippen molar-refractivity contribution in [1.82, 2.24) is 15.1 Å². The van der Waals surface area contributed by atoms with Gasteiger partial charge in [-0.1, -0.05) is 0 Å². The number of ether oxygens (including phenoxy) is 2. The van der Waals surface area contributed by atoms with Gasteiger partial charge in [0.1, 0.15) is 5.60 Å². The summed E-state index contributed by atoms with van der Waals surface area (Å²) in [5.41, 5.74) is 5.49. The number of likely N-dealkylation sites (tertiary alicyclic amines) is 1. The van der Waals surface area contributed by atoms with Crippen LogP contribution in [-0.4, -0.2) is 78.4 Å². The lowest BCUT2D eigenvalue weighted by atomic mass is 10.1. The topological polar surface area (TPSA) is 109 Å².